The molecule has 0 bridgehead atoms. The van der Waals surface area contributed by atoms with E-state index in [1.807, 2.05) is 0 Å². The molecular formula is C16H31NO2S. The summed E-state index contributed by atoms with van der Waals surface area (Å²) in [5, 5.41) is -0.154. The lowest BCUT2D eigenvalue weighted by Gasteiger charge is -2.35. The van der Waals surface area contributed by atoms with E-state index in [2.05, 4.69) is 6.92 Å². The Morgan fingerprint density at radius 2 is 1.75 bits per heavy atom. The van der Waals surface area contributed by atoms with Gasteiger partial charge in [-0.25, -0.2) is 8.42 Å². The SMILES string of the molecule is CCCC1CCC(CN)C(S(=O)(=O)CC2CCCC2)C1. The van der Waals surface area contributed by atoms with Crippen molar-refractivity contribution in [3.63, 3.8) is 0 Å². The standard InChI is InChI=1S/C16H31NO2S/c1-2-5-13-8-9-15(11-17)16(10-13)20(18,19)12-14-6-3-4-7-14/h13-16H,2-12,17H2,1H3. The van der Waals surface area contributed by atoms with Crippen molar-refractivity contribution in [2.24, 2.45) is 23.5 Å². The van der Waals surface area contributed by atoms with E-state index in [-0.39, 0.29) is 11.2 Å². The molecule has 2 N–H and O–H groups in total. The Bertz CT molecular complexity index is 387. The van der Waals surface area contributed by atoms with Gasteiger partial charge in [-0.1, -0.05) is 39.0 Å². The molecule has 2 fully saturated rings. The van der Waals surface area contributed by atoms with Gasteiger partial charge in [0.25, 0.3) is 0 Å². The number of hydrogen-bond acceptors (Lipinski definition) is 3. The minimum absolute atomic E-state index is 0.154. The van der Waals surface area contributed by atoms with Crippen LogP contribution in [0.3, 0.4) is 0 Å². The van der Waals surface area contributed by atoms with E-state index in [0.717, 1.165) is 32.1 Å². The minimum atomic E-state index is -2.96. The summed E-state index contributed by atoms with van der Waals surface area (Å²) in [6.07, 6.45) is 10.0. The molecule has 3 unspecified atom stereocenters. The number of sulfone groups is 1. The lowest BCUT2D eigenvalue weighted by Crippen LogP contribution is -2.41. The molecule has 4 heteroatoms. The fourth-order valence-corrected chi connectivity index (χ4v) is 6.92. The molecule has 3 nitrogen and oxygen atoms in total. The highest BCUT2D eigenvalue weighted by atomic mass is 32.2. The van der Waals surface area contributed by atoms with E-state index < -0.39 is 9.84 Å². The van der Waals surface area contributed by atoms with Gasteiger partial charge in [0, 0.05) is 0 Å². The molecule has 0 heterocycles. The monoisotopic (exact) mass is 301 g/mol. The van der Waals surface area contributed by atoms with Crippen LogP contribution in [0.25, 0.3) is 0 Å². The molecular weight excluding hydrogens is 270 g/mol. The zero-order valence-corrected chi connectivity index (χ0v) is 13.7. The summed E-state index contributed by atoms with van der Waals surface area (Å²) in [5.41, 5.74) is 5.85. The van der Waals surface area contributed by atoms with Crippen LogP contribution in [0.15, 0.2) is 0 Å². The van der Waals surface area contributed by atoms with Crippen molar-refractivity contribution in [2.45, 2.75) is 70.0 Å². The molecule has 2 rings (SSSR count). The first-order chi connectivity index (χ1) is 9.56. The Labute approximate surface area is 124 Å². The van der Waals surface area contributed by atoms with Crippen LogP contribution < -0.4 is 5.73 Å². The van der Waals surface area contributed by atoms with Gasteiger partial charge in [-0.05, 0) is 50.0 Å². The number of rotatable bonds is 6. The minimum Gasteiger partial charge on any atom is -0.330 e. The van der Waals surface area contributed by atoms with E-state index in [1.165, 1.54) is 25.7 Å². The molecule has 0 amide bonds. The van der Waals surface area contributed by atoms with Gasteiger partial charge >= 0.3 is 0 Å². The average molecular weight is 301 g/mol. The van der Waals surface area contributed by atoms with Crippen LogP contribution in [0.2, 0.25) is 0 Å². The fraction of sp³-hybridized carbons (Fsp3) is 1.00. The van der Waals surface area contributed by atoms with E-state index in [0.29, 0.717) is 24.1 Å². The van der Waals surface area contributed by atoms with Crippen molar-refractivity contribution in [1.82, 2.24) is 0 Å². The van der Waals surface area contributed by atoms with Crippen LogP contribution in [0.5, 0.6) is 0 Å². The predicted molar refractivity (Wildman–Crippen MR) is 84.3 cm³/mol. The van der Waals surface area contributed by atoms with Gasteiger partial charge in [-0.2, -0.15) is 0 Å². The molecule has 0 saturated heterocycles. The zero-order chi connectivity index (χ0) is 14.6. The summed E-state index contributed by atoms with van der Waals surface area (Å²) in [7, 11) is -2.96. The highest BCUT2D eigenvalue weighted by Crippen LogP contribution is 2.37. The maximum Gasteiger partial charge on any atom is 0.153 e. The molecule has 0 aromatic rings. The normalized spacial score (nSPS) is 32.6. The van der Waals surface area contributed by atoms with Gasteiger partial charge in [-0.15, -0.1) is 0 Å². The Kier molecular flexibility index (Phi) is 5.91. The molecule has 2 aliphatic carbocycles. The van der Waals surface area contributed by atoms with Crippen LogP contribution in [0, 0.1) is 17.8 Å². The van der Waals surface area contributed by atoms with Crippen molar-refractivity contribution < 1.29 is 8.42 Å². The van der Waals surface area contributed by atoms with E-state index in [4.69, 9.17) is 5.73 Å². The van der Waals surface area contributed by atoms with Crippen LogP contribution in [0.1, 0.15) is 64.7 Å². The second kappa shape index (κ2) is 7.26. The third kappa shape index (κ3) is 3.97. The zero-order valence-electron chi connectivity index (χ0n) is 12.9. The third-order valence-corrected chi connectivity index (χ3v) is 7.88. The van der Waals surface area contributed by atoms with Gasteiger partial charge in [-0.3, -0.25) is 0 Å². The van der Waals surface area contributed by atoms with Gasteiger partial charge in [0.1, 0.15) is 0 Å². The largest absolute Gasteiger partial charge is 0.330 e. The summed E-state index contributed by atoms with van der Waals surface area (Å²) in [6.45, 7) is 2.73. The van der Waals surface area contributed by atoms with Crippen LogP contribution in [-0.2, 0) is 9.84 Å². The summed E-state index contributed by atoms with van der Waals surface area (Å²) in [4.78, 5) is 0. The third-order valence-electron chi connectivity index (χ3n) is 5.44. The Hall–Kier alpha value is -0.0900. The summed E-state index contributed by atoms with van der Waals surface area (Å²) in [6, 6.07) is 0. The van der Waals surface area contributed by atoms with E-state index >= 15 is 0 Å². The number of hydrogen-bond donors (Lipinski definition) is 1. The number of nitrogens with two attached hydrogens (primary N) is 1. The summed E-state index contributed by atoms with van der Waals surface area (Å²) < 4.78 is 25.6. The Morgan fingerprint density at radius 1 is 1.05 bits per heavy atom. The second-order valence-corrected chi connectivity index (χ2v) is 9.25. The average Bonchev–Trinajstić information content (AvgIpc) is 2.91. The first-order valence-electron chi connectivity index (χ1n) is 8.48. The van der Waals surface area contributed by atoms with Crippen molar-refractivity contribution in [3.8, 4) is 0 Å². The molecule has 0 radical (unpaired) electrons. The second-order valence-electron chi connectivity index (χ2n) is 6.98. The first kappa shape index (κ1) is 16.3. The maximum absolute atomic E-state index is 12.8. The smallest absolute Gasteiger partial charge is 0.153 e. The Balaban J connectivity index is 2.04. The van der Waals surface area contributed by atoms with Gasteiger partial charge < -0.3 is 5.73 Å². The topological polar surface area (TPSA) is 60.2 Å². The molecule has 0 spiro atoms. The summed E-state index contributed by atoms with van der Waals surface area (Å²) >= 11 is 0. The molecule has 3 atom stereocenters. The van der Waals surface area contributed by atoms with Gasteiger partial charge in [0.15, 0.2) is 9.84 Å². The van der Waals surface area contributed by atoms with Crippen molar-refractivity contribution in [2.75, 3.05) is 12.3 Å². The van der Waals surface area contributed by atoms with E-state index in [9.17, 15) is 8.42 Å². The van der Waals surface area contributed by atoms with Crippen molar-refractivity contribution in [1.29, 1.82) is 0 Å². The highest BCUT2D eigenvalue weighted by molar-refractivity contribution is 7.92. The molecule has 0 aromatic carbocycles. The maximum atomic E-state index is 12.8. The molecule has 0 aromatic heterocycles. The fourth-order valence-electron chi connectivity index (χ4n) is 4.28. The van der Waals surface area contributed by atoms with Gasteiger partial charge in [0.05, 0.1) is 11.0 Å². The van der Waals surface area contributed by atoms with Crippen LogP contribution in [-0.4, -0.2) is 26.0 Å². The quantitative estimate of drug-likeness (QED) is 0.820. The summed E-state index contributed by atoms with van der Waals surface area (Å²) in [5.74, 6) is 1.65. The Morgan fingerprint density at radius 3 is 2.35 bits per heavy atom. The lowest BCUT2D eigenvalue weighted by atomic mass is 9.80. The molecule has 118 valence electrons. The molecule has 2 saturated carbocycles. The lowest BCUT2D eigenvalue weighted by molar-refractivity contribution is 0.267. The van der Waals surface area contributed by atoms with Gasteiger partial charge in [0.2, 0.25) is 0 Å². The van der Waals surface area contributed by atoms with Crippen LogP contribution in [0.4, 0.5) is 0 Å². The van der Waals surface area contributed by atoms with Crippen LogP contribution >= 0.6 is 0 Å². The predicted octanol–water partition coefficient (Wildman–Crippen LogP) is 3.14. The highest BCUT2D eigenvalue weighted by Gasteiger charge is 2.39. The molecule has 2 aliphatic rings. The van der Waals surface area contributed by atoms with E-state index in [1.54, 1.807) is 0 Å². The molecule has 0 aliphatic heterocycles. The first-order valence-corrected chi connectivity index (χ1v) is 10.2. The molecule has 20 heavy (non-hydrogen) atoms. The van der Waals surface area contributed by atoms with Crippen molar-refractivity contribution >= 4 is 9.84 Å². The van der Waals surface area contributed by atoms with Crippen molar-refractivity contribution in [3.05, 3.63) is 0 Å².